The molecular formula is C27H25N7O7. The van der Waals surface area contributed by atoms with Gasteiger partial charge in [-0.1, -0.05) is 30.3 Å². The number of carbonyl (C=O) groups is 2. The molecule has 14 nitrogen and oxygen atoms in total. The van der Waals surface area contributed by atoms with Crippen molar-refractivity contribution in [2.45, 2.75) is 32.0 Å². The number of aromatic carboxylic acids is 1. The number of nitrogens with one attached hydrogen (secondary N) is 2. The van der Waals surface area contributed by atoms with Crippen LogP contribution >= 0.6 is 0 Å². The Balaban J connectivity index is 1.28. The fourth-order valence-electron chi connectivity index (χ4n) is 4.56. The first-order chi connectivity index (χ1) is 20.0. The number of carbonyl (C=O) groups excluding carboxylic acids is 1. The molecule has 2 amide bonds. The largest absolute Gasteiger partial charge is 0.478 e. The topological polar surface area (TPSA) is 172 Å². The van der Waals surface area contributed by atoms with Crippen molar-refractivity contribution >= 4 is 34.9 Å². The summed E-state index contributed by atoms with van der Waals surface area (Å²) < 4.78 is 26.2. The van der Waals surface area contributed by atoms with Gasteiger partial charge in [-0.15, -0.1) is 0 Å². The summed E-state index contributed by atoms with van der Waals surface area (Å²) in [6.45, 7) is 2.25. The van der Waals surface area contributed by atoms with Crippen molar-refractivity contribution in [3.63, 3.8) is 0 Å². The minimum atomic E-state index is -1.09. The van der Waals surface area contributed by atoms with Gasteiger partial charge in [-0.3, -0.25) is 10.3 Å². The number of rotatable bonds is 9. The monoisotopic (exact) mass is 559 g/mol. The number of benzene rings is 1. The second kappa shape index (κ2) is 11.2. The van der Waals surface area contributed by atoms with Crippen molar-refractivity contribution in [1.29, 1.82) is 0 Å². The van der Waals surface area contributed by atoms with Crippen molar-refractivity contribution in [1.82, 2.24) is 29.8 Å². The summed E-state index contributed by atoms with van der Waals surface area (Å²) in [5.74, 6) is -0.132. The molecule has 0 bridgehead atoms. The third kappa shape index (κ3) is 5.13. The number of amides is 2. The lowest BCUT2D eigenvalue weighted by Crippen LogP contribution is -2.29. The lowest BCUT2D eigenvalue weighted by atomic mass is 10.2. The molecule has 14 heteroatoms. The average Bonchev–Trinajstić information content (AvgIpc) is 3.69. The summed E-state index contributed by atoms with van der Waals surface area (Å²) in [6.07, 6.45) is 2.35. The van der Waals surface area contributed by atoms with Crippen LogP contribution in [-0.4, -0.2) is 67.0 Å². The van der Waals surface area contributed by atoms with E-state index in [2.05, 4.69) is 30.6 Å². The second-order valence-corrected chi connectivity index (χ2v) is 9.05. The first-order valence-electron chi connectivity index (χ1n) is 12.8. The van der Waals surface area contributed by atoms with Crippen molar-refractivity contribution in [2.75, 3.05) is 18.5 Å². The Morgan fingerprint density at radius 3 is 2.73 bits per heavy atom. The van der Waals surface area contributed by atoms with Gasteiger partial charge in [-0.05, 0) is 19.1 Å². The van der Waals surface area contributed by atoms with Crippen LogP contribution in [0.3, 0.4) is 0 Å². The van der Waals surface area contributed by atoms with Gasteiger partial charge in [0.05, 0.1) is 24.5 Å². The molecule has 3 atom stereocenters. The van der Waals surface area contributed by atoms with E-state index >= 15 is 0 Å². The average molecular weight is 560 g/mol. The predicted molar refractivity (Wildman–Crippen MR) is 142 cm³/mol. The van der Waals surface area contributed by atoms with E-state index < -0.39 is 30.5 Å². The van der Waals surface area contributed by atoms with E-state index in [1.165, 1.54) is 24.9 Å². The molecule has 0 saturated carbocycles. The van der Waals surface area contributed by atoms with Crippen molar-refractivity contribution < 1.29 is 33.6 Å². The Kier molecular flexibility index (Phi) is 7.14. The van der Waals surface area contributed by atoms with Crippen molar-refractivity contribution in [3.8, 4) is 0 Å². The molecule has 0 aliphatic carbocycles. The maximum absolute atomic E-state index is 12.1. The summed E-state index contributed by atoms with van der Waals surface area (Å²) in [5, 5.41) is 14.8. The highest BCUT2D eigenvalue weighted by molar-refractivity contribution is 5.96. The van der Waals surface area contributed by atoms with E-state index in [1.807, 2.05) is 30.3 Å². The lowest BCUT2D eigenvalue weighted by Gasteiger charge is -2.19. The third-order valence-corrected chi connectivity index (χ3v) is 6.41. The Hall–Kier alpha value is -5.08. The molecule has 6 rings (SSSR count). The number of fused-ring (bicyclic) bond motifs is 2. The Morgan fingerprint density at radius 1 is 1.07 bits per heavy atom. The van der Waals surface area contributed by atoms with Gasteiger partial charge in [0.2, 0.25) is 12.2 Å². The number of urea groups is 1. The van der Waals surface area contributed by atoms with E-state index in [9.17, 15) is 14.7 Å². The molecule has 4 aromatic rings. The van der Waals surface area contributed by atoms with Gasteiger partial charge in [-0.2, -0.15) is 0 Å². The second-order valence-electron chi connectivity index (χ2n) is 9.05. The Labute approximate surface area is 233 Å². The van der Waals surface area contributed by atoms with E-state index in [0.717, 1.165) is 5.56 Å². The SMILES string of the molecule is CCNC(=O)Nc1ncnc2c1ncn2C1=C2OC(c3ccccc3)O[C@@H]2[C@H](COCc2ncccc2C(=O)O)O1. The molecule has 1 unspecified atom stereocenters. The van der Waals surface area contributed by atoms with Crippen LogP contribution in [0.25, 0.3) is 17.0 Å². The molecule has 3 aromatic heterocycles. The standard InChI is InChI=1S/C27H25N7O7/c1-2-28-27(37)33-22-19-23(31-13-30-22)34(14-32-19)24-21-20(40-26(41-21)15-7-4-3-5-8-15)18(39-24)12-38-11-17-16(25(35)36)9-6-10-29-17/h3-10,13-14,18,20,26H,2,11-12H2,1H3,(H,35,36)(H2,28,30,31,33,37)/t18-,20+,26?/m0/s1. The third-order valence-electron chi connectivity index (χ3n) is 6.41. The van der Waals surface area contributed by atoms with E-state index in [1.54, 1.807) is 17.6 Å². The number of hydrogen-bond acceptors (Lipinski definition) is 10. The number of pyridine rings is 1. The van der Waals surface area contributed by atoms with Crippen LogP contribution < -0.4 is 10.6 Å². The number of imidazole rings is 1. The fourth-order valence-corrected chi connectivity index (χ4v) is 4.56. The van der Waals surface area contributed by atoms with E-state index in [0.29, 0.717) is 35.0 Å². The molecule has 2 aliphatic heterocycles. The fraction of sp³-hybridized carbons (Fsp3) is 0.259. The van der Waals surface area contributed by atoms with E-state index in [4.69, 9.17) is 18.9 Å². The van der Waals surface area contributed by atoms with Crippen LogP contribution in [0.1, 0.15) is 34.8 Å². The smallest absolute Gasteiger partial charge is 0.337 e. The zero-order chi connectivity index (χ0) is 28.3. The van der Waals surface area contributed by atoms with Gasteiger partial charge in [-0.25, -0.2) is 29.1 Å². The van der Waals surface area contributed by atoms with Crippen LogP contribution in [0, 0.1) is 0 Å². The molecule has 1 aromatic carbocycles. The van der Waals surface area contributed by atoms with Crippen LogP contribution in [0.15, 0.2) is 67.1 Å². The number of nitrogens with zero attached hydrogens (tertiary/aromatic N) is 5. The summed E-state index contributed by atoms with van der Waals surface area (Å²) in [6, 6.07) is 12.1. The highest BCUT2D eigenvalue weighted by Crippen LogP contribution is 2.44. The molecule has 5 heterocycles. The molecule has 210 valence electrons. The maximum atomic E-state index is 12.1. The minimum absolute atomic E-state index is 0.0429. The van der Waals surface area contributed by atoms with Gasteiger partial charge in [0, 0.05) is 18.3 Å². The molecule has 0 radical (unpaired) electrons. The quantitative estimate of drug-likeness (QED) is 0.275. The highest BCUT2D eigenvalue weighted by Gasteiger charge is 2.48. The van der Waals surface area contributed by atoms with E-state index in [-0.39, 0.29) is 24.6 Å². The highest BCUT2D eigenvalue weighted by atomic mass is 16.8. The molecule has 1 fully saturated rings. The van der Waals surface area contributed by atoms with Gasteiger partial charge in [0.25, 0.3) is 0 Å². The lowest BCUT2D eigenvalue weighted by molar-refractivity contribution is -0.0998. The number of anilines is 1. The van der Waals surface area contributed by atoms with Crippen molar-refractivity contribution in [2.24, 2.45) is 0 Å². The first-order valence-corrected chi connectivity index (χ1v) is 12.8. The molecule has 1 saturated heterocycles. The predicted octanol–water partition coefficient (Wildman–Crippen LogP) is 2.92. The normalized spacial score (nSPS) is 19.5. The summed E-state index contributed by atoms with van der Waals surface area (Å²) in [7, 11) is 0. The number of carboxylic acid groups (broad SMARTS) is 1. The Bertz CT molecular complexity index is 1620. The van der Waals surface area contributed by atoms with Crippen LogP contribution in [0.5, 0.6) is 0 Å². The molecule has 2 aliphatic rings. The number of ether oxygens (including phenoxy) is 4. The van der Waals surface area contributed by atoms with Crippen LogP contribution in [0.2, 0.25) is 0 Å². The van der Waals surface area contributed by atoms with Gasteiger partial charge in [0.1, 0.15) is 12.7 Å². The summed E-state index contributed by atoms with van der Waals surface area (Å²) >= 11 is 0. The van der Waals surface area contributed by atoms with Crippen LogP contribution in [-0.2, 0) is 25.6 Å². The molecule has 3 N–H and O–H groups in total. The van der Waals surface area contributed by atoms with Gasteiger partial charge >= 0.3 is 12.0 Å². The number of carboxylic acids is 1. The zero-order valence-electron chi connectivity index (χ0n) is 21.8. The van der Waals surface area contributed by atoms with Gasteiger partial charge < -0.3 is 29.4 Å². The summed E-state index contributed by atoms with van der Waals surface area (Å²) in [4.78, 5) is 40.7. The Morgan fingerprint density at radius 2 is 1.93 bits per heavy atom. The van der Waals surface area contributed by atoms with Crippen LogP contribution in [0.4, 0.5) is 10.6 Å². The molecule has 0 spiro atoms. The van der Waals surface area contributed by atoms with Crippen molar-refractivity contribution in [3.05, 3.63) is 83.9 Å². The van der Waals surface area contributed by atoms with Gasteiger partial charge in [0.15, 0.2) is 34.9 Å². The summed E-state index contributed by atoms with van der Waals surface area (Å²) in [5.41, 5.74) is 1.90. The molecule has 41 heavy (non-hydrogen) atoms. The number of aromatic nitrogens is 5. The first kappa shape index (κ1) is 26.2. The zero-order valence-corrected chi connectivity index (χ0v) is 21.8. The maximum Gasteiger partial charge on any atom is 0.337 e. The minimum Gasteiger partial charge on any atom is -0.478 e. The molecular weight excluding hydrogens is 534 g/mol. The number of hydrogen-bond donors (Lipinski definition) is 3.